The summed E-state index contributed by atoms with van der Waals surface area (Å²) in [6.07, 6.45) is 9.43. The van der Waals surface area contributed by atoms with Crippen LogP contribution in [0.3, 0.4) is 0 Å². The van der Waals surface area contributed by atoms with Gasteiger partial charge in [-0.1, -0.05) is 18.9 Å². The van der Waals surface area contributed by atoms with Gasteiger partial charge in [-0.05, 0) is 30.9 Å². The van der Waals surface area contributed by atoms with Crippen molar-refractivity contribution >= 4 is 11.9 Å². The highest BCUT2D eigenvalue weighted by molar-refractivity contribution is 5.83. The zero-order valence-electron chi connectivity index (χ0n) is 13.9. The van der Waals surface area contributed by atoms with Gasteiger partial charge in [0.15, 0.2) is 0 Å². The zero-order valence-corrected chi connectivity index (χ0v) is 13.9. The summed E-state index contributed by atoms with van der Waals surface area (Å²) >= 11 is 0. The Labute approximate surface area is 142 Å². The molecular weight excluding hydrogens is 304 g/mol. The molecule has 0 bridgehead atoms. The summed E-state index contributed by atoms with van der Waals surface area (Å²) in [6.45, 7) is 1.33. The molecule has 2 saturated heterocycles. The summed E-state index contributed by atoms with van der Waals surface area (Å²) in [5, 5.41) is 3.16. The Hall–Kier alpha value is -2.11. The molecule has 0 spiro atoms. The van der Waals surface area contributed by atoms with Crippen molar-refractivity contribution in [1.29, 1.82) is 0 Å². The number of nitrogens with one attached hydrogen (secondary N) is 1. The normalized spacial score (nSPS) is 26.9. The van der Waals surface area contributed by atoms with Gasteiger partial charge in [-0.3, -0.25) is 9.78 Å². The predicted octanol–water partition coefficient (Wildman–Crippen LogP) is 1.91. The first kappa shape index (κ1) is 15.4. The number of pyridine rings is 1. The molecule has 4 rings (SSSR count). The summed E-state index contributed by atoms with van der Waals surface area (Å²) < 4.78 is 0. The molecule has 1 N–H and O–H groups in total. The average molecular weight is 328 g/mol. The van der Waals surface area contributed by atoms with Gasteiger partial charge < -0.3 is 15.1 Å². The summed E-state index contributed by atoms with van der Waals surface area (Å²) in [5.41, 5.74) is 1.04. The van der Waals surface area contributed by atoms with Crippen LogP contribution in [0.1, 0.15) is 44.1 Å². The molecule has 1 saturated carbocycles. The number of fused-ring (bicyclic) bond motifs is 1. The van der Waals surface area contributed by atoms with E-state index in [2.05, 4.69) is 10.3 Å². The van der Waals surface area contributed by atoms with E-state index < -0.39 is 0 Å². The van der Waals surface area contributed by atoms with Crippen molar-refractivity contribution in [3.8, 4) is 0 Å². The second-order valence-corrected chi connectivity index (χ2v) is 7.13. The van der Waals surface area contributed by atoms with Crippen molar-refractivity contribution in [2.45, 2.75) is 63.2 Å². The van der Waals surface area contributed by atoms with Crippen molar-refractivity contribution < 1.29 is 9.59 Å². The minimum atomic E-state index is 0.0189. The van der Waals surface area contributed by atoms with Crippen LogP contribution in [0.5, 0.6) is 0 Å². The fourth-order valence-corrected chi connectivity index (χ4v) is 4.40. The Morgan fingerprint density at radius 2 is 2.08 bits per heavy atom. The van der Waals surface area contributed by atoms with Gasteiger partial charge in [0, 0.05) is 37.9 Å². The van der Waals surface area contributed by atoms with E-state index >= 15 is 0 Å². The van der Waals surface area contributed by atoms with Crippen molar-refractivity contribution in [3.63, 3.8) is 0 Å². The van der Waals surface area contributed by atoms with Crippen LogP contribution in [-0.2, 0) is 11.3 Å². The third kappa shape index (κ3) is 2.85. The van der Waals surface area contributed by atoms with Crippen LogP contribution in [0, 0.1) is 0 Å². The molecule has 1 aromatic heterocycles. The van der Waals surface area contributed by atoms with Gasteiger partial charge in [-0.2, -0.15) is 0 Å². The summed E-state index contributed by atoms with van der Waals surface area (Å²) in [4.78, 5) is 33.0. The van der Waals surface area contributed by atoms with Crippen LogP contribution in [0.25, 0.3) is 0 Å². The molecule has 1 aromatic rings. The van der Waals surface area contributed by atoms with Crippen LogP contribution in [0.15, 0.2) is 24.5 Å². The molecule has 3 aliphatic rings. The van der Waals surface area contributed by atoms with Gasteiger partial charge in [-0.25, -0.2) is 4.79 Å². The van der Waals surface area contributed by atoms with Crippen LogP contribution in [0.2, 0.25) is 0 Å². The van der Waals surface area contributed by atoms with Gasteiger partial charge >= 0.3 is 6.03 Å². The third-order valence-corrected chi connectivity index (χ3v) is 5.63. The largest absolute Gasteiger partial charge is 0.335 e. The van der Waals surface area contributed by atoms with E-state index in [0.717, 1.165) is 31.4 Å². The van der Waals surface area contributed by atoms with Crippen LogP contribution in [-0.4, -0.2) is 51.4 Å². The number of rotatable bonds is 3. The third-order valence-electron chi connectivity index (χ3n) is 5.63. The SMILES string of the molecule is O=C(NC1CCCC1)N1CC[C@H]2[C@H]1CC(=O)N2Cc1cccnc1. The molecule has 0 unspecified atom stereocenters. The van der Waals surface area contributed by atoms with Gasteiger partial charge in [-0.15, -0.1) is 0 Å². The monoisotopic (exact) mass is 328 g/mol. The van der Waals surface area contributed by atoms with Crippen LogP contribution in [0.4, 0.5) is 4.79 Å². The number of urea groups is 1. The number of hydrogen-bond donors (Lipinski definition) is 1. The molecule has 0 aromatic carbocycles. The fraction of sp³-hybridized carbons (Fsp3) is 0.611. The first-order valence-corrected chi connectivity index (χ1v) is 8.98. The summed E-state index contributed by atoms with van der Waals surface area (Å²) in [5.74, 6) is 0.146. The Kier molecular flexibility index (Phi) is 4.12. The molecule has 6 nitrogen and oxygen atoms in total. The lowest BCUT2D eigenvalue weighted by molar-refractivity contribution is -0.129. The quantitative estimate of drug-likeness (QED) is 0.922. The molecule has 2 atom stereocenters. The molecule has 3 fully saturated rings. The van der Waals surface area contributed by atoms with Crippen LogP contribution >= 0.6 is 0 Å². The Bertz CT molecular complexity index is 615. The summed E-state index contributed by atoms with van der Waals surface area (Å²) in [6, 6.07) is 4.39. The van der Waals surface area contributed by atoms with E-state index in [1.54, 1.807) is 12.4 Å². The number of amides is 3. The highest BCUT2D eigenvalue weighted by Crippen LogP contribution is 2.33. The number of carbonyl (C=O) groups excluding carboxylic acids is 2. The lowest BCUT2D eigenvalue weighted by Crippen LogP contribution is -2.47. The van der Waals surface area contributed by atoms with Gasteiger partial charge in [0.1, 0.15) is 0 Å². The van der Waals surface area contributed by atoms with E-state index in [1.165, 1.54) is 12.8 Å². The van der Waals surface area contributed by atoms with E-state index in [-0.39, 0.29) is 24.0 Å². The maximum atomic E-state index is 12.6. The lowest BCUT2D eigenvalue weighted by atomic mass is 10.1. The minimum absolute atomic E-state index is 0.0189. The fourth-order valence-electron chi connectivity index (χ4n) is 4.40. The maximum Gasteiger partial charge on any atom is 0.317 e. The first-order chi connectivity index (χ1) is 11.7. The molecule has 1 aliphatic carbocycles. The molecule has 24 heavy (non-hydrogen) atoms. The molecule has 3 heterocycles. The van der Waals surface area contributed by atoms with Gasteiger partial charge in [0.2, 0.25) is 5.91 Å². The number of likely N-dealkylation sites (tertiary alicyclic amines) is 2. The number of carbonyl (C=O) groups is 2. The molecular formula is C18H24N4O2. The lowest BCUT2D eigenvalue weighted by Gasteiger charge is -2.26. The van der Waals surface area contributed by atoms with Crippen molar-refractivity contribution in [1.82, 2.24) is 20.1 Å². The number of aromatic nitrogens is 1. The number of hydrogen-bond acceptors (Lipinski definition) is 3. The minimum Gasteiger partial charge on any atom is -0.335 e. The topological polar surface area (TPSA) is 65.5 Å². The van der Waals surface area contributed by atoms with Crippen molar-refractivity contribution in [3.05, 3.63) is 30.1 Å². The van der Waals surface area contributed by atoms with Gasteiger partial charge in [0.05, 0.1) is 12.1 Å². The number of nitrogens with zero attached hydrogens (tertiary/aromatic N) is 3. The van der Waals surface area contributed by atoms with Crippen molar-refractivity contribution in [2.24, 2.45) is 0 Å². The highest BCUT2D eigenvalue weighted by Gasteiger charge is 2.48. The Morgan fingerprint density at radius 3 is 2.83 bits per heavy atom. The zero-order chi connectivity index (χ0) is 16.5. The Morgan fingerprint density at radius 1 is 1.25 bits per heavy atom. The predicted molar refractivity (Wildman–Crippen MR) is 89.1 cm³/mol. The molecule has 2 aliphatic heterocycles. The van der Waals surface area contributed by atoms with E-state index in [4.69, 9.17) is 0 Å². The Balaban J connectivity index is 1.42. The smallest absolute Gasteiger partial charge is 0.317 e. The second-order valence-electron chi connectivity index (χ2n) is 7.13. The van der Waals surface area contributed by atoms with Crippen molar-refractivity contribution in [2.75, 3.05) is 6.54 Å². The summed E-state index contributed by atoms with van der Waals surface area (Å²) in [7, 11) is 0. The molecule has 0 radical (unpaired) electrons. The first-order valence-electron chi connectivity index (χ1n) is 8.98. The molecule has 6 heteroatoms. The van der Waals surface area contributed by atoms with Gasteiger partial charge in [0.25, 0.3) is 0 Å². The average Bonchev–Trinajstić information content (AvgIpc) is 3.28. The second kappa shape index (κ2) is 6.42. The molecule has 3 amide bonds. The van der Waals surface area contributed by atoms with E-state index in [1.807, 2.05) is 21.9 Å². The van der Waals surface area contributed by atoms with E-state index in [9.17, 15) is 9.59 Å². The van der Waals surface area contributed by atoms with Crippen LogP contribution < -0.4 is 5.32 Å². The van der Waals surface area contributed by atoms with E-state index in [0.29, 0.717) is 19.0 Å². The molecule has 128 valence electrons. The highest BCUT2D eigenvalue weighted by atomic mass is 16.2. The maximum absolute atomic E-state index is 12.6. The standard InChI is InChI=1S/C18H24N4O2/c23-17-10-16-15(22(17)12-13-4-3-8-19-11-13)7-9-21(16)18(24)20-14-5-1-2-6-14/h3-4,8,11,14-16H,1-2,5-7,9-10,12H2,(H,20,24)/t15-,16+/m0/s1.